The van der Waals surface area contributed by atoms with E-state index in [1.54, 1.807) is 12.4 Å². The molecule has 0 spiro atoms. The molecule has 0 aliphatic heterocycles. The van der Waals surface area contributed by atoms with Crippen molar-refractivity contribution in [2.45, 2.75) is 44.9 Å². The van der Waals surface area contributed by atoms with Crippen molar-refractivity contribution in [3.63, 3.8) is 0 Å². The third-order valence-corrected chi connectivity index (χ3v) is 4.44. The average Bonchev–Trinajstić information content (AvgIpc) is 3.17. The van der Waals surface area contributed by atoms with E-state index < -0.39 is 0 Å². The van der Waals surface area contributed by atoms with Gasteiger partial charge in [0.1, 0.15) is 0 Å². The molecule has 0 saturated heterocycles. The molecule has 3 rings (SSSR count). The number of carbonyl (C=O) groups is 1. The van der Waals surface area contributed by atoms with Crippen LogP contribution < -0.4 is 5.32 Å². The third-order valence-electron chi connectivity index (χ3n) is 4.44. The molecule has 2 aromatic heterocycles. The van der Waals surface area contributed by atoms with Crippen molar-refractivity contribution in [1.82, 2.24) is 20.4 Å². The predicted octanol–water partition coefficient (Wildman–Crippen LogP) is 3.45. The van der Waals surface area contributed by atoms with Crippen LogP contribution >= 0.6 is 0 Å². The average molecular weight is 378 g/mol. The van der Waals surface area contributed by atoms with Crippen molar-refractivity contribution in [2.75, 3.05) is 6.54 Å². The van der Waals surface area contributed by atoms with Gasteiger partial charge in [0.15, 0.2) is 5.82 Å². The highest BCUT2D eigenvalue weighted by atomic mass is 16.5. The first-order valence-corrected chi connectivity index (χ1v) is 9.48. The molecular weight excluding hydrogens is 352 g/mol. The van der Waals surface area contributed by atoms with E-state index in [1.165, 1.54) is 0 Å². The lowest BCUT2D eigenvalue weighted by Gasteiger charge is -2.17. The van der Waals surface area contributed by atoms with E-state index in [1.807, 2.05) is 63.2 Å². The lowest BCUT2D eigenvalue weighted by molar-refractivity contribution is -0.122. The van der Waals surface area contributed by atoms with Crippen molar-refractivity contribution in [2.24, 2.45) is 0 Å². The van der Waals surface area contributed by atoms with Gasteiger partial charge in [-0.15, -0.1) is 0 Å². The topological polar surface area (TPSA) is 80.9 Å². The summed E-state index contributed by atoms with van der Waals surface area (Å²) >= 11 is 0. The second kappa shape index (κ2) is 8.78. The molecule has 0 bridgehead atoms. The van der Waals surface area contributed by atoms with Gasteiger partial charge in [0.25, 0.3) is 0 Å². The molecule has 146 valence electrons. The highest BCUT2D eigenvalue weighted by Crippen LogP contribution is 2.21. The number of aromatic nitrogens is 3. The summed E-state index contributed by atoms with van der Waals surface area (Å²) < 4.78 is 5.30. The molecule has 1 amide bonds. The van der Waals surface area contributed by atoms with E-state index in [-0.39, 0.29) is 17.2 Å². The Labute approximate surface area is 165 Å². The zero-order valence-electron chi connectivity index (χ0n) is 16.6. The van der Waals surface area contributed by atoms with Crippen LogP contribution in [0.1, 0.15) is 49.5 Å². The fraction of sp³-hybridized carbons (Fsp3) is 0.364. The normalized spacial score (nSPS) is 12.5. The summed E-state index contributed by atoms with van der Waals surface area (Å²) in [5.74, 6) is 0.914. The van der Waals surface area contributed by atoms with Gasteiger partial charge in [-0.3, -0.25) is 9.78 Å². The Bertz CT molecular complexity index is 886. The molecule has 1 aromatic carbocycles. The van der Waals surface area contributed by atoms with Crippen molar-refractivity contribution < 1.29 is 9.32 Å². The molecule has 0 saturated carbocycles. The van der Waals surface area contributed by atoms with Gasteiger partial charge in [-0.25, -0.2) is 0 Å². The van der Waals surface area contributed by atoms with Gasteiger partial charge >= 0.3 is 0 Å². The number of nitrogens with zero attached hydrogens (tertiary/aromatic N) is 3. The summed E-state index contributed by atoms with van der Waals surface area (Å²) in [6, 6.07) is 13.7. The molecule has 0 aliphatic carbocycles. The number of hydrogen-bond donors (Lipinski definition) is 1. The molecule has 6 nitrogen and oxygen atoms in total. The van der Waals surface area contributed by atoms with Crippen molar-refractivity contribution in [3.05, 3.63) is 77.7 Å². The summed E-state index contributed by atoms with van der Waals surface area (Å²) in [5, 5.41) is 7.02. The third kappa shape index (κ3) is 5.25. The molecule has 0 fully saturated rings. The lowest BCUT2D eigenvalue weighted by atomic mass is 9.92. The predicted molar refractivity (Wildman–Crippen MR) is 107 cm³/mol. The Balaban J connectivity index is 1.64. The Hall–Kier alpha value is -3.02. The van der Waals surface area contributed by atoms with Crippen molar-refractivity contribution in [3.8, 4) is 0 Å². The minimum atomic E-state index is -0.277. The minimum Gasteiger partial charge on any atom is -0.355 e. The Morgan fingerprint density at radius 2 is 1.93 bits per heavy atom. The zero-order valence-corrected chi connectivity index (χ0v) is 16.6. The van der Waals surface area contributed by atoms with Crippen LogP contribution in [-0.4, -0.2) is 27.6 Å². The first kappa shape index (κ1) is 19.7. The molecule has 1 atom stereocenters. The van der Waals surface area contributed by atoms with Gasteiger partial charge in [0.2, 0.25) is 11.8 Å². The Kier molecular flexibility index (Phi) is 6.19. The van der Waals surface area contributed by atoms with Crippen LogP contribution in [0, 0.1) is 0 Å². The van der Waals surface area contributed by atoms with Crippen LogP contribution in [0.4, 0.5) is 0 Å². The maximum atomic E-state index is 12.9. The molecule has 2 heterocycles. The van der Waals surface area contributed by atoms with Crippen LogP contribution in [-0.2, 0) is 23.1 Å². The van der Waals surface area contributed by atoms with E-state index >= 15 is 0 Å². The summed E-state index contributed by atoms with van der Waals surface area (Å²) in [7, 11) is 0. The molecule has 6 heteroatoms. The van der Waals surface area contributed by atoms with Gasteiger partial charge in [0.05, 0.1) is 5.92 Å². The zero-order chi connectivity index (χ0) is 20.0. The summed E-state index contributed by atoms with van der Waals surface area (Å²) in [6.45, 7) is 6.53. The molecule has 0 radical (unpaired) electrons. The van der Waals surface area contributed by atoms with E-state index in [9.17, 15) is 4.79 Å². The standard InChI is InChI=1S/C22H26N4O2/c1-22(2,3)21-25-19(26-28-21)11-13-24-20(27)18(17-9-5-4-6-10-17)14-16-8-7-12-23-15-16/h4-10,12,15,18H,11,13-14H2,1-3H3,(H,24,27). The molecule has 3 aromatic rings. The number of carbonyl (C=O) groups excluding carboxylic acids is 1. The first-order valence-electron chi connectivity index (χ1n) is 9.48. The quantitative estimate of drug-likeness (QED) is 0.681. The first-order chi connectivity index (χ1) is 13.4. The largest absolute Gasteiger partial charge is 0.355 e. The molecule has 1 N–H and O–H groups in total. The maximum Gasteiger partial charge on any atom is 0.232 e. The van der Waals surface area contributed by atoms with Gasteiger partial charge in [0, 0.05) is 30.8 Å². The van der Waals surface area contributed by atoms with Crippen LogP contribution in [0.25, 0.3) is 0 Å². The van der Waals surface area contributed by atoms with Gasteiger partial charge in [-0.2, -0.15) is 4.98 Å². The maximum absolute atomic E-state index is 12.9. The van der Waals surface area contributed by atoms with Gasteiger partial charge in [-0.05, 0) is 23.6 Å². The van der Waals surface area contributed by atoms with E-state index in [4.69, 9.17) is 4.52 Å². The number of amides is 1. The smallest absolute Gasteiger partial charge is 0.232 e. The van der Waals surface area contributed by atoms with Crippen molar-refractivity contribution in [1.29, 1.82) is 0 Å². The fourth-order valence-corrected chi connectivity index (χ4v) is 2.88. The van der Waals surface area contributed by atoms with E-state index in [0.717, 1.165) is 11.1 Å². The number of pyridine rings is 1. The molecule has 0 aliphatic rings. The SMILES string of the molecule is CC(C)(C)c1nc(CCNC(=O)C(Cc2cccnc2)c2ccccc2)no1. The van der Waals surface area contributed by atoms with Gasteiger partial charge in [-0.1, -0.05) is 62.3 Å². The highest BCUT2D eigenvalue weighted by molar-refractivity contribution is 5.84. The number of rotatable bonds is 7. The highest BCUT2D eigenvalue weighted by Gasteiger charge is 2.23. The van der Waals surface area contributed by atoms with E-state index in [0.29, 0.717) is 31.1 Å². The molecule has 1 unspecified atom stereocenters. The van der Waals surface area contributed by atoms with Gasteiger partial charge < -0.3 is 9.84 Å². The van der Waals surface area contributed by atoms with Crippen LogP contribution in [0.5, 0.6) is 0 Å². The van der Waals surface area contributed by atoms with Crippen LogP contribution in [0.3, 0.4) is 0 Å². The molecular formula is C22H26N4O2. The summed E-state index contributed by atoms with van der Waals surface area (Å²) in [4.78, 5) is 21.5. The molecule has 28 heavy (non-hydrogen) atoms. The minimum absolute atomic E-state index is 0.0189. The fourth-order valence-electron chi connectivity index (χ4n) is 2.88. The number of nitrogens with one attached hydrogen (secondary N) is 1. The second-order valence-corrected chi connectivity index (χ2v) is 7.84. The van der Waals surface area contributed by atoms with Crippen LogP contribution in [0.2, 0.25) is 0 Å². The second-order valence-electron chi connectivity index (χ2n) is 7.84. The van der Waals surface area contributed by atoms with Crippen LogP contribution in [0.15, 0.2) is 59.4 Å². The summed E-state index contributed by atoms with van der Waals surface area (Å²) in [5.41, 5.74) is 1.83. The summed E-state index contributed by atoms with van der Waals surface area (Å²) in [6.07, 6.45) is 4.66. The number of benzene rings is 1. The monoisotopic (exact) mass is 378 g/mol. The Morgan fingerprint density at radius 3 is 2.57 bits per heavy atom. The van der Waals surface area contributed by atoms with Crippen molar-refractivity contribution >= 4 is 5.91 Å². The Morgan fingerprint density at radius 1 is 1.14 bits per heavy atom. The number of hydrogen-bond acceptors (Lipinski definition) is 5. The van der Waals surface area contributed by atoms with E-state index in [2.05, 4.69) is 20.4 Å². The lowest BCUT2D eigenvalue weighted by Crippen LogP contribution is -2.32.